The van der Waals surface area contributed by atoms with Crippen LogP contribution in [0.25, 0.3) is 0 Å². The highest BCUT2D eigenvalue weighted by molar-refractivity contribution is 5.68. The monoisotopic (exact) mass is 185 g/mol. The predicted molar refractivity (Wildman–Crippen MR) is 46.4 cm³/mol. The topological polar surface area (TPSA) is 60.8 Å². The molecule has 0 spiro atoms. The van der Waals surface area contributed by atoms with Crippen LogP contribution < -0.4 is 0 Å². The molecule has 0 radical (unpaired) electrons. The molecule has 3 atom stereocenters. The Morgan fingerprint density at radius 2 is 2.31 bits per heavy atom. The molecule has 2 aliphatic heterocycles. The van der Waals surface area contributed by atoms with Crippen LogP contribution in [-0.2, 0) is 4.79 Å². The molecule has 2 fully saturated rings. The molecule has 2 N–H and O–H groups in total. The van der Waals surface area contributed by atoms with Crippen molar-refractivity contribution in [2.75, 3.05) is 19.6 Å². The van der Waals surface area contributed by atoms with Crippen molar-refractivity contribution in [1.29, 1.82) is 0 Å². The van der Waals surface area contributed by atoms with E-state index in [0.717, 1.165) is 26.1 Å². The molecule has 0 aromatic carbocycles. The van der Waals surface area contributed by atoms with E-state index in [9.17, 15) is 9.90 Å². The fraction of sp³-hybridized carbons (Fsp3) is 0.889. The van der Waals surface area contributed by atoms with Gasteiger partial charge in [0.2, 0.25) is 0 Å². The first-order valence-corrected chi connectivity index (χ1v) is 4.77. The van der Waals surface area contributed by atoms with Crippen LogP contribution in [0.3, 0.4) is 0 Å². The van der Waals surface area contributed by atoms with Crippen LogP contribution in [0.15, 0.2) is 0 Å². The van der Waals surface area contributed by atoms with Gasteiger partial charge in [0, 0.05) is 19.0 Å². The zero-order valence-electron chi connectivity index (χ0n) is 7.57. The Labute approximate surface area is 77.2 Å². The first-order chi connectivity index (χ1) is 6.10. The van der Waals surface area contributed by atoms with Gasteiger partial charge in [0.15, 0.2) is 0 Å². The maximum Gasteiger partial charge on any atom is 0.306 e. The molecule has 4 nitrogen and oxygen atoms in total. The minimum absolute atomic E-state index is 0.0918. The number of carboxylic acid groups (broad SMARTS) is 1. The quantitative estimate of drug-likeness (QED) is 0.631. The second-order valence-electron chi connectivity index (χ2n) is 4.21. The summed E-state index contributed by atoms with van der Waals surface area (Å²) in [5.74, 6) is -0.708. The number of aliphatic carboxylic acids is 1. The maximum atomic E-state index is 10.6. The van der Waals surface area contributed by atoms with Crippen molar-refractivity contribution < 1.29 is 15.0 Å². The molecule has 0 aliphatic carbocycles. The lowest BCUT2D eigenvalue weighted by Gasteiger charge is -2.37. The molecule has 2 saturated heterocycles. The molecule has 2 aliphatic rings. The number of aliphatic hydroxyl groups is 1. The summed E-state index contributed by atoms with van der Waals surface area (Å²) in [4.78, 5) is 12.9. The number of piperidine rings is 1. The lowest BCUT2D eigenvalue weighted by Crippen LogP contribution is -2.47. The molecule has 13 heavy (non-hydrogen) atoms. The fourth-order valence-corrected chi connectivity index (χ4v) is 2.52. The van der Waals surface area contributed by atoms with Gasteiger partial charge in [-0.1, -0.05) is 0 Å². The Kier molecular flexibility index (Phi) is 2.04. The molecule has 0 aromatic heterocycles. The summed E-state index contributed by atoms with van der Waals surface area (Å²) in [6, 6.07) is 0. The first-order valence-electron chi connectivity index (χ1n) is 4.77. The van der Waals surface area contributed by atoms with Crippen LogP contribution in [0.4, 0.5) is 0 Å². The average Bonchev–Trinajstić information content (AvgIpc) is 2.42. The number of rotatable bonds is 2. The van der Waals surface area contributed by atoms with Gasteiger partial charge in [-0.2, -0.15) is 0 Å². The smallest absolute Gasteiger partial charge is 0.306 e. The molecule has 4 heteroatoms. The summed E-state index contributed by atoms with van der Waals surface area (Å²) in [5, 5.41) is 18.8. The van der Waals surface area contributed by atoms with Crippen LogP contribution in [0, 0.1) is 5.92 Å². The van der Waals surface area contributed by atoms with Crippen LogP contribution in [-0.4, -0.2) is 46.3 Å². The van der Waals surface area contributed by atoms with Crippen LogP contribution in [0.2, 0.25) is 0 Å². The standard InChI is InChI=1S/C9H15NO3/c11-8(12)5-9(13)2-4-10-3-1-7(9)6-10/h7,13H,1-6H2,(H,11,12). The van der Waals surface area contributed by atoms with Gasteiger partial charge in [-0.15, -0.1) is 0 Å². The van der Waals surface area contributed by atoms with Gasteiger partial charge in [0.1, 0.15) is 0 Å². The molecule has 0 saturated carbocycles. The molecular weight excluding hydrogens is 170 g/mol. The van der Waals surface area contributed by atoms with Crippen molar-refractivity contribution >= 4 is 5.97 Å². The van der Waals surface area contributed by atoms with Gasteiger partial charge in [-0.05, 0) is 19.4 Å². The van der Waals surface area contributed by atoms with Gasteiger partial charge < -0.3 is 15.1 Å². The van der Waals surface area contributed by atoms with E-state index in [2.05, 4.69) is 4.90 Å². The van der Waals surface area contributed by atoms with E-state index in [1.165, 1.54) is 0 Å². The minimum atomic E-state index is -0.932. The molecule has 0 amide bonds. The highest BCUT2D eigenvalue weighted by atomic mass is 16.4. The Morgan fingerprint density at radius 3 is 3.00 bits per heavy atom. The number of hydrogen-bond acceptors (Lipinski definition) is 3. The largest absolute Gasteiger partial charge is 0.481 e. The van der Waals surface area contributed by atoms with Crippen LogP contribution in [0.5, 0.6) is 0 Å². The SMILES string of the molecule is O=C(O)CC1(O)CCN2CCC1C2. The molecule has 0 aromatic rings. The van der Waals surface area contributed by atoms with Gasteiger partial charge in [-0.25, -0.2) is 0 Å². The van der Waals surface area contributed by atoms with E-state index in [-0.39, 0.29) is 12.3 Å². The highest BCUT2D eigenvalue weighted by Gasteiger charge is 2.45. The Balaban J connectivity index is 2.08. The number of nitrogens with zero attached hydrogens (tertiary/aromatic N) is 1. The number of carboxylic acids is 1. The third-order valence-corrected chi connectivity index (χ3v) is 3.35. The summed E-state index contributed by atoms with van der Waals surface area (Å²) in [6.45, 7) is 2.75. The van der Waals surface area contributed by atoms with Crippen molar-refractivity contribution in [2.24, 2.45) is 5.92 Å². The van der Waals surface area contributed by atoms with Crippen molar-refractivity contribution in [3.8, 4) is 0 Å². The molecule has 2 bridgehead atoms. The van der Waals surface area contributed by atoms with Crippen molar-refractivity contribution in [1.82, 2.24) is 4.90 Å². The number of fused-ring (bicyclic) bond motifs is 2. The fourth-order valence-electron chi connectivity index (χ4n) is 2.52. The lowest BCUT2D eigenvalue weighted by atomic mass is 9.80. The zero-order chi connectivity index (χ0) is 9.47. The minimum Gasteiger partial charge on any atom is -0.481 e. The summed E-state index contributed by atoms with van der Waals surface area (Å²) >= 11 is 0. The summed E-state index contributed by atoms with van der Waals surface area (Å²) < 4.78 is 0. The van der Waals surface area contributed by atoms with E-state index >= 15 is 0 Å². The Morgan fingerprint density at radius 1 is 1.54 bits per heavy atom. The number of hydrogen-bond donors (Lipinski definition) is 2. The van der Waals surface area contributed by atoms with Crippen molar-refractivity contribution in [3.05, 3.63) is 0 Å². The second-order valence-corrected chi connectivity index (χ2v) is 4.21. The van der Waals surface area contributed by atoms with Crippen LogP contribution >= 0.6 is 0 Å². The predicted octanol–water partition coefficient (Wildman–Crippen LogP) is -0.0822. The zero-order valence-corrected chi connectivity index (χ0v) is 7.57. The third kappa shape index (κ3) is 1.56. The number of carbonyl (C=O) groups is 1. The summed E-state index contributed by atoms with van der Waals surface area (Å²) in [6.07, 6.45) is 1.47. The van der Waals surface area contributed by atoms with E-state index in [1.807, 2.05) is 0 Å². The van der Waals surface area contributed by atoms with E-state index in [0.29, 0.717) is 6.42 Å². The average molecular weight is 185 g/mol. The Hall–Kier alpha value is -0.610. The molecular formula is C9H15NO3. The normalized spacial score (nSPS) is 43.5. The van der Waals surface area contributed by atoms with Gasteiger partial charge in [0.05, 0.1) is 12.0 Å². The summed E-state index contributed by atoms with van der Waals surface area (Å²) in [5.41, 5.74) is -0.932. The third-order valence-electron chi connectivity index (χ3n) is 3.35. The molecule has 74 valence electrons. The lowest BCUT2D eigenvalue weighted by molar-refractivity contribution is -0.146. The first kappa shape index (κ1) is 8.97. The van der Waals surface area contributed by atoms with Crippen LogP contribution in [0.1, 0.15) is 19.3 Å². The highest BCUT2D eigenvalue weighted by Crippen LogP contribution is 2.37. The molecule has 2 heterocycles. The van der Waals surface area contributed by atoms with E-state index in [4.69, 9.17) is 5.11 Å². The van der Waals surface area contributed by atoms with Crippen molar-refractivity contribution in [3.63, 3.8) is 0 Å². The summed E-state index contributed by atoms with van der Waals surface area (Å²) in [7, 11) is 0. The van der Waals surface area contributed by atoms with E-state index < -0.39 is 11.6 Å². The Bertz CT molecular complexity index is 231. The van der Waals surface area contributed by atoms with Crippen molar-refractivity contribution in [2.45, 2.75) is 24.9 Å². The van der Waals surface area contributed by atoms with Gasteiger partial charge >= 0.3 is 5.97 Å². The molecule has 2 rings (SSSR count). The van der Waals surface area contributed by atoms with Gasteiger partial charge in [0.25, 0.3) is 0 Å². The molecule has 3 unspecified atom stereocenters. The van der Waals surface area contributed by atoms with Gasteiger partial charge in [-0.3, -0.25) is 4.79 Å². The maximum absolute atomic E-state index is 10.6. The van der Waals surface area contributed by atoms with E-state index in [1.54, 1.807) is 0 Å². The second kappa shape index (κ2) is 2.96.